The van der Waals surface area contributed by atoms with E-state index in [9.17, 15) is 19.5 Å². The Morgan fingerprint density at radius 1 is 1.19 bits per heavy atom. The number of carbonyl (C=O) groups excluding carboxylic acids is 2. The predicted molar refractivity (Wildman–Crippen MR) is 160 cm³/mol. The number of carboxylic acid groups (broad SMARTS) is 1. The molecule has 0 spiro atoms. The molecule has 3 atom stereocenters. The summed E-state index contributed by atoms with van der Waals surface area (Å²) in [5, 5.41) is 18.0. The third kappa shape index (κ3) is 6.81. The molecule has 2 aliphatic rings. The van der Waals surface area contributed by atoms with Gasteiger partial charge >= 0.3 is 5.97 Å². The number of ether oxygens (including phenoxy) is 2. The zero-order chi connectivity index (χ0) is 30.6. The van der Waals surface area contributed by atoms with Crippen molar-refractivity contribution in [2.24, 2.45) is 11.8 Å². The van der Waals surface area contributed by atoms with Crippen molar-refractivity contribution in [2.75, 3.05) is 27.3 Å². The van der Waals surface area contributed by atoms with Gasteiger partial charge in [0, 0.05) is 55.6 Å². The Hall–Kier alpha value is -4.41. The van der Waals surface area contributed by atoms with Crippen molar-refractivity contribution in [3.8, 4) is 17.3 Å². The highest BCUT2D eigenvalue weighted by Crippen LogP contribution is 2.45. The molecular weight excluding hydrogens is 550 g/mol. The van der Waals surface area contributed by atoms with Crippen LogP contribution in [0.2, 0.25) is 0 Å². The molecule has 3 heterocycles. The molecule has 11 heteroatoms. The van der Waals surface area contributed by atoms with Crippen LogP contribution in [0.15, 0.2) is 48.7 Å². The fourth-order valence-corrected chi connectivity index (χ4v) is 5.53. The molecule has 228 valence electrons. The number of pyridine rings is 1. The Morgan fingerprint density at radius 3 is 2.77 bits per heavy atom. The molecule has 0 saturated heterocycles. The average Bonchev–Trinajstić information content (AvgIpc) is 3.52. The quantitative estimate of drug-likeness (QED) is 0.394. The van der Waals surface area contributed by atoms with Crippen molar-refractivity contribution in [1.29, 1.82) is 0 Å². The van der Waals surface area contributed by atoms with Gasteiger partial charge in [0.1, 0.15) is 17.0 Å². The number of fused-ring (bicyclic) bond motifs is 2. The van der Waals surface area contributed by atoms with Crippen molar-refractivity contribution in [3.05, 3.63) is 54.4 Å². The maximum absolute atomic E-state index is 13.6. The zero-order valence-corrected chi connectivity index (χ0v) is 24.9. The second-order valence-electron chi connectivity index (χ2n) is 11.5. The summed E-state index contributed by atoms with van der Waals surface area (Å²) in [6, 6.07) is 9.17. The Labute approximate surface area is 250 Å². The van der Waals surface area contributed by atoms with Crippen LogP contribution in [0.1, 0.15) is 50.6 Å². The van der Waals surface area contributed by atoms with E-state index in [4.69, 9.17) is 14.5 Å². The molecule has 1 saturated carbocycles. The van der Waals surface area contributed by atoms with Crippen molar-refractivity contribution in [2.45, 2.75) is 57.4 Å². The number of amides is 2. The van der Waals surface area contributed by atoms with Gasteiger partial charge in [0.25, 0.3) is 0 Å². The van der Waals surface area contributed by atoms with Gasteiger partial charge in [-0.2, -0.15) is 5.10 Å². The average molecular weight is 590 g/mol. The third-order valence-corrected chi connectivity index (χ3v) is 8.34. The van der Waals surface area contributed by atoms with E-state index in [0.717, 1.165) is 36.8 Å². The van der Waals surface area contributed by atoms with E-state index < -0.39 is 23.3 Å². The number of benzene rings is 1. The highest BCUT2D eigenvalue weighted by Gasteiger charge is 2.60. The van der Waals surface area contributed by atoms with Crippen LogP contribution in [0.3, 0.4) is 0 Å². The maximum atomic E-state index is 13.6. The standard InChI is InChI=1S/C32H39N5O6/c1-21-12-15-37(35-21)28-19-27(25-11-10-24(42-3)18-26(25)33-28)43-16-13-22-17-29(38)36(2)14-8-6-4-5-7-9-23-20-32(23,31(40)41)34-30(22)39/h7,9-12,15,18-19,22-23H,4-6,8,13-14,16-17,20H2,1-3H3,(H,34,39)(H,40,41)/b9-7-/t22-,23-,32-/m1/s1. The molecule has 0 radical (unpaired) electrons. The van der Waals surface area contributed by atoms with E-state index in [2.05, 4.69) is 10.4 Å². The summed E-state index contributed by atoms with van der Waals surface area (Å²) in [5.74, 6) is -0.928. The van der Waals surface area contributed by atoms with Gasteiger partial charge in [0.15, 0.2) is 5.82 Å². The number of allylic oxidation sites excluding steroid dienone is 1. The Morgan fingerprint density at radius 2 is 2.02 bits per heavy atom. The number of aliphatic carboxylic acids is 1. The fourth-order valence-electron chi connectivity index (χ4n) is 5.53. The predicted octanol–water partition coefficient (Wildman–Crippen LogP) is 4.06. The van der Waals surface area contributed by atoms with E-state index in [1.807, 2.05) is 49.5 Å². The Kier molecular flexibility index (Phi) is 8.98. The van der Waals surface area contributed by atoms with Gasteiger partial charge in [-0.1, -0.05) is 18.6 Å². The molecule has 2 N–H and O–H groups in total. The summed E-state index contributed by atoms with van der Waals surface area (Å²) in [7, 11) is 3.34. The molecule has 3 aromatic rings. The lowest BCUT2D eigenvalue weighted by Gasteiger charge is -2.23. The Bertz CT molecular complexity index is 1530. The molecule has 1 aliphatic heterocycles. The van der Waals surface area contributed by atoms with Crippen LogP contribution in [0.25, 0.3) is 16.7 Å². The fraction of sp³-hybridized carbons (Fsp3) is 0.469. The van der Waals surface area contributed by atoms with Gasteiger partial charge in [-0.3, -0.25) is 9.59 Å². The largest absolute Gasteiger partial charge is 0.497 e. The molecular formula is C32H39N5O6. The molecule has 2 amide bonds. The molecule has 0 bridgehead atoms. The van der Waals surface area contributed by atoms with Gasteiger partial charge in [-0.05, 0) is 57.2 Å². The number of rotatable bonds is 7. The highest BCUT2D eigenvalue weighted by atomic mass is 16.5. The van der Waals surface area contributed by atoms with Gasteiger partial charge < -0.3 is 24.8 Å². The first-order valence-electron chi connectivity index (χ1n) is 14.8. The second-order valence-corrected chi connectivity index (χ2v) is 11.5. The van der Waals surface area contributed by atoms with Crippen molar-refractivity contribution < 1.29 is 29.0 Å². The number of methoxy groups -OCH3 is 1. The minimum absolute atomic E-state index is 0.0337. The molecule has 43 heavy (non-hydrogen) atoms. The number of nitrogens with zero attached hydrogens (tertiary/aromatic N) is 4. The summed E-state index contributed by atoms with van der Waals surface area (Å²) in [6.45, 7) is 2.63. The van der Waals surface area contributed by atoms with Crippen LogP contribution >= 0.6 is 0 Å². The first kappa shape index (κ1) is 30.1. The highest BCUT2D eigenvalue weighted by molar-refractivity contribution is 5.93. The smallest absolute Gasteiger partial charge is 0.330 e. The van der Waals surface area contributed by atoms with Crippen molar-refractivity contribution >= 4 is 28.7 Å². The zero-order valence-electron chi connectivity index (χ0n) is 24.9. The van der Waals surface area contributed by atoms with Gasteiger partial charge in [-0.15, -0.1) is 0 Å². The lowest BCUT2D eigenvalue weighted by atomic mass is 9.98. The normalized spacial score (nSPS) is 23.9. The summed E-state index contributed by atoms with van der Waals surface area (Å²) in [5.41, 5.74) is 0.159. The van der Waals surface area contributed by atoms with Crippen LogP contribution in [0.5, 0.6) is 11.5 Å². The number of hydrogen-bond acceptors (Lipinski definition) is 7. The van der Waals surface area contributed by atoms with E-state index in [1.165, 1.54) is 0 Å². The Balaban J connectivity index is 1.38. The number of carboxylic acids is 1. The van der Waals surface area contributed by atoms with E-state index in [0.29, 0.717) is 35.8 Å². The SMILES string of the molecule is COc1ccc2c(OCC[C@@H]3CC(=O)N(C)CCCCC/C=C\[C@@H]4C[C@@]4(C(=O)O)NC3=O)cc(-n3ccc(C)n3)nc2c1. The first-order valence-corrected chi connectivity index (χ1v) is 14.8. The van der Waals surface area contributed by atoms with Crippen LogP contribution in [0, 0.1) is 18.8 Å². The molecule has 1 aromatic carbocycles. The first-order chi connectivity index (χ1) is 20.7. The number of carbonyl (C=O) groups is 3. The van der Waals surface area contributed by atoms with Crippen LogP contribution < -0.4 is 14.8 Å². The molecule has 0 unspecified atom stereocenters. The number of aromatic nitrogens is 3. The molecule has 1 fully saturated rings. The van der Waals surface area contributed by atoms with E-state index in [-0.39, 0.29) is 31.3 Å². The molecule has 5 rings (SSSR count). The second kappa shape index (κ2) is 12.8. The lowest BCUT2D eigenvalue weighted by Crippen LogP contribution is -2.48. The summed E-state index contributed by atoms with van der Waals surface area (Å²) in [4.78, 5) is 45.3. The molecule has 11 nitrogen and oxygen atoms in total. The molecule has 2 aromatic heterocycles. The monoisotopic (exact) mass is 589 g/mol. The minimum Gasteiger partial charge on any atom is -0.497 e. The topological polar surface area (TPSA) is 136 Å². The third-order valence-electron chi connectivity index (χ3n) is 8.34. The van der Waals surface area contributed by atoms with Gasteiger partial charge in [-0.25, -0.2) is 14.5 Å². The molecule has 1 aliphatic carbocycles. The van der Waals surface area contributed by atoms with Crippen LogP contribution in [-0.2, 0) is 14.4 Å². The van der Waals surface area contributed by atoms with Crippen molar-refractivity contribution in [3.63, 3.8) is 0 Å². The minimum atomic E-state index is -1.33. The summed E-state index contributed by atoms with van der Waals surface area (Å²) < 4.78 is 13.3. The van der Waals surface area contributed by atoms with E-state index in [1.54, 1.807) is 29.8 Å². The van der Waals surface area contributed by atoms with Gasteiger partial charge in [0.05, 0.1) is 24.9 Å². The van der Waals surface area contributed by atoms with Crippen LogP contribution in [0.4, 0.5) is 0 Å². The maximum Gasteiger partial charge on any atom is 0.330 e. The number of nitrogens with one attached hydrogen (secondary N) is 1. The van der Waals surface area contributed by atoms with E-state index >= 15 is 0 Å². The van der Waals surface area contributed by atoms with Crippen LogP contribution in [-0.4, -0.2) is 75.4 Å². The number of aryl methyl sites for hydroxylation is 1. The lowest BCUT2D eigenvalue weighted by molar-refractivity contribution is -0.144. The summed E-state index contributed by atoms with van der Waals surface area (Å²) >= 11 is 0. The van der Waals surface area contributed by atoms with Crippen molar-refractivity contribution in [1.82, 2.24) is 25.0 Å². The summed E-state index contributed by atoms with van der Waals surface area (Å²) in [6.07, 6.45) is 9.91. The number of hydrogen-bond donors (Lipinski definition) is 2. The van der Waals surface area contributed by atoms with Gasteiger partial charge in [0.2, 0.25) is 11.8 Å².